The molecule has 0 N–H and O–H groups in total. The van der Waals surface area contributed by atoms with Crippen molar-refractivity contribution >= 4 is 49.4 Å². The van der Waals surface area contributed by atoms with Gasteiger partial charge in [-0.25, -0.2) is 0 Å². The molecule has 0 bridgehead atoms. The SMILES string of the molecule is CCCCCCCC[Si](OCC)(OCC)OCC.CCCSSCCC.CCO[SiH](OCC)OCC.CCO[SiH](OCC)OCC. The summed E-state index contributed by atoms with van der Waals surface area (Å²) in [6.45, 7) is 30.5. The molecular weight excluding hydrogens is 677 g/mol. The van der Waals surface area contributed by atoms with E-state index in [1.165, 1.54) is 56.5 Å². The summed E-state index contributed by atoms with van der Waals surface area (Å²) in [6.07, 6.45) is 10.4. The number of rotatable bonds is 30. The topological polar surface area (TPSA) is 83.1 Å². The predicted octanol–water partition coefficient (Wildman–Crippen LogP) is 9.21. The van der Waals surface area contributed by atoms with Crippen LogP contribution in [0.1, 0.15) is 134 Å². The summed E-state index contributed by atoms with van der Waals surface area (Å²) in [5.74, 6) is 2.62. The van der Waals surface area contributed by atoms with E-state index in [4.69, 9.17) is 39.8 Å². The maximum Gasteiger partial charge on any atom is 0.500 e. The Labute approximate surface area is 299 Å². The molecule has 0 heterocycles. The number of hydrogen-bond donors (Lipinski definition) is 0. The largest absolute Gasteiger partial charge is 0.500 e. The van der Waals surface area contributed by atoms with Crippen LogP contribution in [0.25, 0.3) is 0 Å². The second kappa shape index (κ2) is 48.1. The molecule has 0 rings (SSSR count). The van der Waals surface area contributed by atoms with E-state index in [0.717, 1.165) is 12.5 Å². The minimum atomic E-state index is -2.36. The van der Waals surface area contributed by atoms with Crippen molar-refractivity contribution in [1.82, 2.24) is 0 Å². The Morgan fingerprint density at radius 3 is 0.935 bits per heavy atom. The van der Waals surface area contributed by atoms with E-state index in [2.05, 4.69) is 20.8 Å². The molecule has 0 fully saturated rings. The Morgan fingerprint density at radius 1 is 0.370 bits per heavy atom. The average molecular weight is 755 g/mol. The van der Waals surface area contributed by atoms with Crippen molar-refractivity contribution in [2.45, 2.75) is 140 Å². The zero-order valence-corrected chi connectivity index (χ0v) is 37.2. The maximum absolute atomic E-state index is 5.83. The molecule has 0 spiro atoms. The molecule has 0 aliphatic carbocycles. The molecule has 0 aromatic heterocycles. The summed E-state index contributed by atoms with van der Waals surface area (Å²) in [5, 5.41) is 0. The van der Waals surface area contributed by atoms with Gasteiger partial charge in [-0.2, -0.15) is 0 Å². The van der Waals surface area contributed by atoms with E-state index in [-0.39, 0.29) is 0 Å². The Bertz CT molecular complexity index is 454. The van der Waals surface area contributed by atoms with E-state index >= 15 is 0 Å². The Balaban J connectivity index is -0.000000271. The van der Waals surface area contributed by atoms with Gasteiger partial charge >= 0.3 is 27.9 Å². The summed E-state index contributed by atoms with van der Waals surface area (Å²) in [6, 6.07) is 0.967. The molecule has 9 nitrogen and oxygen atoms in total. The molecule has 0 aromatic carbocycles. The first-order chi connectivity index (χ1) is 22.3. The Kier molecular flexibility index (Phi) is 56.2. The minimum absolute atomic E-state index is 0.677. The van der Waals surface area contributed by atoms with Crippen LogP contribution in [0.5, 0.6) is 0 Å². The fourth-order valence-electron chi connectivity index (χ4n) is 3.51. The van der Waals surface area contributed by atoms with Gasteiger partial charge in [0.15, 0.2) is 0 Å². The fraction of sp³-hybridized carbons (Fsp3) is 1.00. The smallest absolute Gasteiger partial charge is 0.376 e. The molecule has 0 aliphatic rings. The lowest BCUT2D eigenvalue weighted by Crippen LogP contribution is -2.45. The van der Waals surface area contributed by atoms with E-state index in [1.54, 1.807) is 0 Å². The lowest BCUT2D eigenvalue weighted by atomic mass is 10.1. The van der Waals surface area contributed by atoms with Crippen molar-refractivity contribution in [3.05, 3.63) is 0 Å². The van der Waals surface area contributed by atoms with Gasteiger partial charge in [0.1, 0.15) is 0 Å². The van der Waals surface area contributed by atoms with Crippen molar-refractivity contribution in [2.75, 3.05) is 71.0 Å². The van der Waals surface area contributed by atoms with Crippen LogP contribution in [0.2, 0.25) is 6.04 Å². The van der Waals surface area contributed by atoms with Crippen LogP contribution in [0.4, 0.5) is 0 Å². The second-order valence-corrected chi connectivity index (χ2v) is 18.0. The molecule has 284 valence electrons. The summed E-state index contributed by atoms with van der Waals surface area (Å²) < 4.78 is 48.8. The fourth-order valence-corrected chi connectivity index (χ4v) is 10.7. The van der Waals surface area contributed by atoms with Gasteiger partial charge in [-0.1, -0.05) is 74.5 Å². The molecule has 0 saturated carbocycles. The predicted molar refractivity (Wildman–Crippen MR) is 208 cm³/mol. The third-order valence-electron chi connectivity index (χ3n) is 5.40. The van der Waals surface area contributed by atoms with E-state index in [1.807, 2.05) is 83.9 Å². The normalized spacial score (nSPS) is 11.1. The van der Waals surface area contributed by atoms with Crippen molar-refractivity contribution in [1.29, 1.82) is 0 Å². The Hall–Kier alpha value is 0.991. The van der Waals surface area contributed by atoms with Gasteiger partial charge in [0, 0.05) is 77.0 Å². The van der Waals surface area contributed by atoms with Crippen LogP contribution in [-0.4, -0.2) is 98.8 Å². The lowest BCUT2D eigenvalue weighted by Gasteiger charge is -2.28. The van der Waals surface area contributed by atoms with Gasteiger partial charge in [-0.3, -0.25) is 0 Å². The molecule has 14 heteroatoms. The minimum Gasteiger partial charge on any atom is -0.376 e. The highest BCUT2D eigenvalue weighted by Gasteiger charge is 2.39. The quantitative estimate of drug-likeness (QED) is 0.0400. The highest BCUT2D eigenvalue weighted by atomic mass is 33.1. The monoisotopic (exact) mass is 754 g/mol. The van der Waals surface area contributed by atoms with Gasteiger partial charge in [-0.05, 0) is 81.6 Å². The number of unbranched alkanes of at least 4 members (excludes halogenated alkanes) is 5. The molecule has 0 unspecified atom stereocenters. The second-order valence-electron chi connectivity index (χ2n) is 9.45. The molecule has 0 atom stereocenters. The van der Waals surface area contributed by atoms with Crippen LogP contribution in [0.3, 0.4) is 0 Å². The summed E-state index contributed by atoms with van der Waals surface area (Å²) in [4.78, 5) is 0. The molecule has 0 radical (unpaired) electrons. The van der Waals surface area contributed by atoms with Crippen LogP contribution in [-0.2, 0) is 39.8 Å². The molecule has 0 saturated heterocycles. The van der Waals surface area contributed by atoms with Gasteiger partial charge in [-0.15, -0.1) is 0 Å². The molecule has 0 amide bonds. The highest BCUT2D eigenvalue weighted by molar-refractivity contribution is 8.76. The van der Waals surface area contributed by atoms with Crippen LogP contribution < -0.4 is 0 Å². The van der Waals surface area contributed by atoms with Gasteiger partial charge < -0.3 is 39.8 Å². The highest BCUT2D eigenvalue weighted by Crippen LogP contribution is 2.22. The zero-order chi connectivity index (χ0) is 35.6. The number of hydrogen-bond acceptors (Lipinski definition) is 11. The average Bonchev–Trinajstić information content (AvgIpc) is 3.03. The van der Waals surface area contributed by atoms with Gasteiger partial charge in [0.2, 0.25) is 0 Å². The summed E-state index contributed by atoms with van der Waals surface area (Å²) >= 11 is 0. The first-order valence-electron chi connectivity index (χ1n) is 18.2. The van der Waals surface area contributed by atoms with E-state index < -0.39 is 27.9 Å². The van der Waals surface area contributed by atoms with E-state index in [0.29, 0.717) is 59.5 Å². The van der Waals surface area contributed by atoms with Crippen molar-refractivity contribution in [3.8, 4) is 0 Å². The maximum atomic E-state index is 5.83. The van der Waals surface area contributed by atoms with Gasteiger partial charge in [0.25, 0.3) is 0 Å². The summed E-state index contributed by atoms with van der Waals surface area (Å²) in [5.41, 5.74) is 0. The zero-order valence-electron chi connectivity index (χ0n) is 32.3. The molecule has 46 heavy (non-hydrogen) atoms. The van der Waals surface area contributed by atoms with Crippen LogP contribution >= 0.6 is 21.6 Å². The van der Waals surface area contributed by atoms with Crippen molar-refractivity contribution in [3.63, 3.8) is 0 Å². The van der Waals surface area contributed by atoms with Crippen molar-refractivity contribution in [2.24, 2.45) is 0 Å². The first-order valence-corrected chi connectivity index (χ1v) is 25.5. The summed E-state index contributed by atoms with van der Waals surface area (Å²) in [7, 11) is -1.84. The Morgan fingerprint density at radius 2 is 0.674 bits per heavy atom. The first kappa shape index (κ1) is 53.8. The van der Waals surface area contributed by atoms with Crippen LogP contribution in [0.15, 0.2) is 0 Å². The molecule has 0 aromatic rings. The third-order valence-corrected chi connectivity index (χ3v) is 15.0. The van der Waals surface area contributed by atoms with Gasteiger partial charge in [0.05, 0.1) is 0 Å². The third kappa shape index (κ3) is 43.0. The molecule has 0 aliphatic heterocycles. The lowest BCUT2D eigenvalue weighted by molar-refractivity contribution is 0.0706. The van der Waals surface area contributed by atoms with Crippen LogP contribution in [0, 0.1) is 0 Å². The molecular formula is C32H78O9S2Si3. The van der Waals surface area contributed by atoms with Crippen molar-refractivity contribution < 1.29 is 39.8 Å². The van der Waals surface area contributed by atoms with E-state index in [9.17, 15) is 0 Å². The standard InChI is InChI=1S/C14H32O3Si.2C6H16O3Si.C6H14S2/c1-5-9-10-11-12-13-14-18(15-6-2,16-7-3)17-8-4;2*1-4-7-10(8-5-2)9-6-3;1-3-5-7-8-6-4-2/h5-14H2,1-4H3;2*10H,4-6H2,1-3H3;3-6H2,1-2H3.